The number of aromatic nitrogens is 3. The molecule has 3 aromatic rings. The Morgan fingerprint density at radius 2 is 1.95 bits per heavy atom. The number of hydrogen-bond donors (Lipinski definition) is 1. The van der Waals surface area contributed by atoms with E-state index in [2.05, 4.69) is 34.4 Å². The van der Waals surface area contributed by atoms with Crippen LogP contribution in [0.3, 0.4) is 0 Å². The highest BCUT2D eigenvalue weighted by molar-refractivity contribution is 7.71. The minimum absolute atomic E-state index is 0.473. The van der Waals surface area contributed by atoms with Gasteiger partial charge in [-0.15, -0.1) is 0 Å². The zero-order chi connectivity index (χ0) is 15.5. The van der Waals surface area contributed by atoms with Crippen molar-refractivity contribution in [3.05, 3.63) is 70.0 Å². The quantitative estimate of drug-likeness (QED) is 0.584. The minimum atomic E-state index is 0.473. The number of rotatable bonds is 3. The fraction of sp³-hybridized carbons (Fsp3) is 0.118. The van der Waals surface area contributed by atoms with Gasteiger partial charge in [0.05, 0.1) is 6.21 Å². The zero-order valence-electron chi connectivity index (χ0n) is 12.4. The van der Waals surface area contributed by atoms with Crippen LogP contribution < -0.4 is 0 Å². The summed E-state index contributed by atoms with van der Waals surface area (Å²) in [7, 11) is 0. The van der Waals surface area contributed by atoms with Crippen LogP contribution in [0.5, 0.6) is 0 Å². The summed E-state index contributed by atoms with van der Waals surface area (Å²) in [6.45, 7) is 4.10. The van der Waals surface area contributed by atoms with Crippen molar-refractivity contribution >= 4 is 18.4 Å². The maximum atomic E-state index is 5.29. The third-order valence-electron chi connectivity index (χ3n) is 3.43. The maximum Gasteiger partial charge on any atom is 0.216 e. The van der Waals surface area contributed by atoms with E-state index < -0.39 is 0 Å². The van der Waals surface area contributed by atoms with Crippen molar-refractivity contribution in [1.29, 1.82) is 0 Å². The second-order valence-electron chi connectivity index (χ2n) is 5.13. The molecule has 22 heavy (non-hydrogen) atoms. The van der Waals surface area contributed by atoms with Crippen molar-refractivity contribution in [1.82, 2.24) is 14.9 Å². The van der Waals surface area contributed by atoms with E-state index in [4.69, 9.17) is 12.2 Å². The highest BCUT2D eigenvalue weighted by Gasteiger charge is 2.08. The van der Waals surface area contributed by atoms with Crippen LogP contribution in [0, 0.1) is 18.6 Å². The molecular formula is C17H16N4S. The Morgan fingerprint density at radius 1 is 1.14 bits per heavy atom. The summed E-state index contributed by atoms with van der Waals surface area (Å²) in [5.41, 5.74) is 4.37. The second kappa shape index (κ2) is 6.07. The fourth-order valence-corrected chi connectivity index (χ4v) is 2.40. The Hall–Kier alpha value is -2.53. The lowest BCUT2D eigenvalue weighted by Gasteiger charge is -2.03. The molecule has 110 valence electrons. The van der Waals surface area contributed by atoms with Crippen molar-refractivity contribution in [2.75, 3.05) is 0 Å². The van der Waals surface area contributed by atoms with E-state index in [9.17, 15) is 0 Å². The first-order valence-electron chi connectivity index (χ1n) is 6.99. The maximum absolute atomic E-state index is 5.29. The van der Waals surface area contributed by atoms with E-state index in [1.54, 1.807) is 10.9 Å². The number of H-pyrrole nitrogens is 1. The van der Waals surface area contributed by atoms with Gasteiger partial charge in [0.2, 0.25) is 4.77 Å². The number of benzene rings is 2. The Labute approximate surface area is 134 Å². The molecular weight excluding hydrogens is 292 g/mol. The summed E-state index contributed by atoms with van der Waals surface area (Å²) in [6.07, 6.45) is 1.81. The predicted octanol–water partition coefficient (Wildman–Crippen LogP) is 4.11. The number of nitrogens with one attached hydrogen (secondary N) is 1. The number of aromatic amines is 1. The Morgan fingerprint density at radius 3 is 2.73 bits per heavy atom. The second-order valence-corrected chi connectivity index (χ2v) is 5.52. The lowest BCUT2D eigenvalue weighted by Crippen LogP contribution is -1.96. The minimum Gasteiger partial charge on any atom is -0.250 e. The topological polar surface area (TPSA) is 46.0 Å². The summed E-state index contributed by atoms with van der Waals surface area (Å²) < 4.78 is 2.12. The molecule has 0 amide bonds. The first kappa shape index (κ1) is 14.4. The van der Waals surface area contributed by atoms with E-state index in [1.807, 2.05) is 43.3 Å². The molecule has 0 aliphatic rings. The van der Waals surface area contributed by atoms with Crippen molar-refractivity contribution in [2.45, 2.75) is 13.8 Å². The van der Waals surface area contributed by atoms with E-state index in [0.29, 0.717) is 10.6 Å². The van der Waals surface area contributed by atoms with Crippen molar-refractivity contribution in [2.24, 2.45) is 5.10 Å². The van der Waals surface area contributed by atoms with Crippen molar-refractivity contribution < 1.29 is 0 Å². The van der Waals surface area contributed by atoms with Gasteiger partial charge in [0.15, 0.2) is 5.82 Å². The molecule has 0 fully saturated rings. The van der Waals surface area contributed by atoms with Gasteiger partial charge in [0.1, 0.15) is 0 Å². The van der Waals surface area contributed by atoms with Crippen LogP contribution in [0.4, 0.5) is 0 Å². The van der Waals surface area contributed by atoms with Crippen LogP contribution in [-0.2, 0) is 0 Å². The van der Waals surface area contributed by atoms with E-state index in [1.165, 1.54) is 11.1 Å². The summed E-state index contributed by atoms with van der Waals surface area (Å²) in [6, 6.07) is 16.2. The van der Waals surface area contributed by atoms with Crippen LogP contribution in [0.2, 0.25) is 0 Å². The molecule has 4 nitrogen and oxygen atoms in total. The van der Waals surface area contributed by atoms with Gasteiger partial charge in [-0.1, -0.05) is 48.0 Å². The number of aryl methyl sites for hydroxylation is 2. The van der Waals surface area contributed by atoms with Gasteiger partial charge < -0.3 is 0 Å². The van der Waals surface area contributed by atoms with Crippen LogP contribution in [-0.4, -0.2) is 21.1 Å². The average Bonchev–Trinajstić information content (AvgIpc) is 2.87. The van der Waals surface area contributed by atoms with Crippen LogP contribution in [0.25, 0.3) is 11.4 Å². The first-order chi connectivity index (χ1) is 10.6. The van der Waals surface area contributed by atoms with Gasteiger partial charge in [-0.3, -0.25) is 0 Å². The number of nitrogens with zero attached hydrogens (tertiary/aromatic N) is 3. The summed E-state index contributed by atoms with van der Waals surface area (Å²) in [5.74, 6) is 0.707. The molecule has 0 bridgehead atoms. The number of hydrogen-bond acceptors (Lipinski definition) is 3. The van der Waals surface area contributed by atoms with Crippen LogP contribution >= 0.6 is 12.2 Å². The molecule has 3 rings (SSSR count). The SMILES string of the molecule is Cc1cccc(-c2n[nH]c(=S)n2/N=C/c2ccccc2C)c1. The molecule has 0 atom stereocenters. The highest BCUT2D eigenvalue weighted by Crippen LogP contribution is 2.18. The third kappa shape index (κ3) is 2.89. The molecule has 5 heteroatoms. The first-order valence-corrected chi connectivity index (χ1v) is 7.40. The lowest BCUT2D eigenvalue weighted by atomic mass is 10.1. The molecule has 1 N–H and O–H groups in total. The van der Waals surface area contributed by atoms with Crippen molar-refractivity contribution in [3.8, 4) is 11.4 Å². The Kier molecular flexibility index (Phi) is 3.98. The standard InChI is InChI=1S/C17H16N4S/c1-12-6-5-9-14(10-12)16-19-20-17(22)21(16)18-11-15-8-4-3-7-13(15)2/h3-11H,1-2H3,(H,20,22)/b18-11+. The smallest absolute Gasteiger partial charge is 0.216 e. The van der Waals surface area contributed by atoms with E-state index in [-0.39, 0.29) is 0 Å². The molecule has 0 aliphatic heterocycles. The monoisotopic (exact) mass is 308 g/mol. The fourth-order valence-electron chi connectivity index (χ4n) is 2.22. The van der Waals surface area contributed by atoms with Gasteiger partial charge in [-0.25, -0.2) is 5.10 Å². The van der Waals surface area contributed by atoms with Crippen molar-refractivity contribution in [3.63, 3.8) is 0 Å². The van der Waals surface area contributed by atoms with E-state index >= 15 is 0 Å². The van der Waals surface area contributed by atoms with E-state index in [0.717, 1.165) is 11.1 Å². The van der Waals surface area contributed by atoms with Gasteiger partial charge in [-0.05, 0) is 43.3 Å². The van der Waals surface area contributed by atoms with Crippen LogP contribution in [0.15, 0.2) is 53.6 Å². The molecule has 0 spiro atoms. The Balaban J connectivity index is 2.04. The molecule has 0 aliphatic carbocycles. The third-order valence-corrected chi connectivity index (χ3v) is 3.69. The molecule has 2 aromatic carbocycles. The zero-order valence-corrected chi connectivity index (χ0v) is 13.3. The molecule has 1 aromatic heterocycles. The van der Waals surface area contributed by atoms with Crippen LogP contribution in [0.1, 0.15) is 16.7 Å². The lowest BCUT2D eigenvalue weighted by molar-refractivity contribution is 0.871. The highest BCUT2D eigenvalue weighted by atomic mass is 32.1. The Bertz CT molecular complexity index is 889. The largest absolute Gasteiger partial charge is 0.250 e. The van der Waals surface area contributed by atoms with Gasteiger partial charge in [0, 0.05) is 5.56 Å². The predicted molar refractivity (Wildman–Crippen MR) is 91.8 cm³/mol. The molecule has 0 saturated heterocycles. The molecule has 0 radical (unpaired) electrons. The van der Waals surface area contributed by atoms with Gasteiger partial charge >= 0.3 is 0 Å². The molecule has 0 unspecified atom stereocenters. The molecule has 1 heterocycles. The molecule has 0 saturated carbocycles. The van der Waals surface area contributed by atoms with Gasteiger partial charge in [-0.2, -0.15) is 14.9 Å². The van der Waals surface area contributed by atoms with Gasteiger partial charge in [0.25, 0.3) is 0 Å². The summed E-state index contributed by atoms with van der Waals surface area (Å²) >= 11 is 5.29. The summed E-state index contributed by atoms with van der Waals surface area (Å²) in [5, 5.41) is 11.6. The average molecular weight is 308 g/mol. The summed E-state index contributed by atoms with van der Waals surface area (Å²) in [4.78, 5) is 0. The normalized spacial score (nSPS) is 11.2.